The number of halogens is 3. The van der Waals surface area contributed by atoms with Crippen molar-refractivity contribution in [3.63, 3.8) is 0 Å². The number of hydrogen-bond acceptors (Lipinski definition) is 3. The summed E-state index contributed by atoms with van der Waals surface area (Å²) in [6, 6.07) is 5.60. The van der Waals surface area contributed by atoms with E-state index in [2.05, 4.69) is 4.98 Å². The Kier molecular flexibility index (Phi) is 2.57. The molecule has 0 fully saturated rings. The van der Waals surface area contributed by atoms with Crippen LogP contribution in [0.3, 0.4) is 0 Å². The minimum absolute atomic E-state index is 0.0289. The van der Waals surface area contributed by atoms with Gasteiger partial charge in [0.2, 0.25) is 0 Å². The Balaban J connectivity index is 2.79. The quantitative estimate of drug-likeness (QED) is 0.836. The predicted molar refractivity (Wildman–Crippen MR) is 57.7 cm³/mol. The highest BCUT2D eigenvalue weighted by Crippen LogP contribution is 2.34. The van der Waals surface area contributed by atoms with Crippen LogP contribution in [0.1, 0.15) is 5.69 Å². The van der Waals surface area contributed by atoms with E-state index in [0.29, 0.717) is 5.39 Å². The highest BCUT2D eigenvalue weighted by atomic mass is 19.4. The molecule has 0 atom stereocenters. The summed E-state index contributed by atoms with van der Waals surface area (Å²) in [4.78, 5) is 3.55. The zero-order valence-electron chi connectivity index (χ0n) is 8.88. The standard InChI is InChI=1S/C11H9F3N2O/c1-17-8-4-2-3-6-7(15)5-9(11(12,13)14)16-10(6)8/h2-5H,1H3,(H2,15,16). The lowest BCUT2D eigenvalue weighted by atomic mass is 10.1. The average molecular weight is 242 g/mol. The van der Waals surface area contributed by atoms with Crippen molar-refractivity contribution in [1.82, 2.24) is 4.98 Å². The first-order chi connectivity index (χ1) is 7.93. The molecule has 0 unspecified atom stereocenters. The summed E-state index contributed by atoms with van der Waals surface area (Å²) in [5.74, 6) is 0.264. The van der Waals surface area contributed by atoms with Crippen LogP contribution in [0.15, 0.2) is 24.3 Å². The monoisotopic (exact) mass is 242 g/mol. The second kappa shape index (κ2) is 3.80. The minimum Gasteiger partial charge on any atom is -0.494 e. The number of aromatic nitrogens is 1. The van der Waals surface area contributed by atoms with E-state index in [1.165, 1.54) is 13.2 Å². The molecule has 0 aliphatic carbocycles. The molecule has 0 aliphatic rings. The van der Waals surface area contributed by atoms with Gasteiger partial charge in [-0.2, -0.15) is 13.2 Å². The number of hydrogen-bond donors (Lipinski definition) is 1. The van der Waals surface area contributed by atoms with Crippen LogP contribution in [0.25, 0.3) is 10.9 Å². The van der Waals surface area contributed by atoms with Gasteiger partial charge in [0.15, 0.2) is 0 Å². The average Bonchev–Trinajstić information content (AvgIpc) is 2.27. The number of anilines is 1. The topological polar surface area (TPSA) is 48.1 Å². The second-order valence-electron chi connectivity index (χ2n) is 3.45. The van der Waals surface area contributed by atoms with Gasteiger partial charge in [-0.25, -0.2) is 4.98 Å². The third kappa shape index (κ3) is 1.98. The molecule has 90 valence electrons. The van der Waals surface area contributed by atoms with Crippen LogP contribution in [0.5, 0.6) is 5.75 Å². The molecule has 1 aromatic carbocycles. The van der Waals surface area contributed by atoms with Crippen LogP contribution < -0.4 is 10.5 Å². The lowest BCUT2D eigenvalue weighted by molar-refractivity contribution is -0.140. The number of benzene rings is 1. The van der Waals surface area contributed by atoms with Crippen LogP contribution in [0.4, 0.5) is 18.9 Å². The number of methoxy groups -OCH3 is 1. The van der Waals surface area contributed by atoms with Crippen LogP contribution in [0.2, 0.25) is 0 Å². The number of nitrogens with two attached hydrogens (primary N) is 1. The maximum atomic E-state index is 12.6. The number of nitrogen functional groups attached to an aromatic ring is 1. The molecule has 0 aliphatic heterocycles. The van der Waals surface area contributed by atoms with E-state index in [4.69, 9.17) is 10.5 Å². The Morgan fingerprint density at radius 1 is 1.29 bits per heavy atom. The highest BCUT2D eigenvalue weighted by molar-refractivity contribution is 5.94. The Bertz CT molecular complexity index is 566. The van der Waals surface area contributed by atoms with Crippen molar-refractivity contribution >= 4 is 16.6 Å². The van der Waals surface area contributed by atoms with Gasteiger partial charge in [-0.15, -0.1) is 0 Å². The molecule has 0 radical (unpaired) electrons. The van der Waals surface area contributed by atoms with Crippen molar-refractivity contribution in [2.24, 2.45) is 0 Å². The van der Waals surface area contributed by atoms with E-state index in [-0.39, 0.29) is 17.0 Å². The first-order valence-electron chi connectivity index (χ1n) is 4.74. The predicted octanol–water partition coefficient (Wildman–Crippen LogP) is 2.84. The molecule has 3 nitrogen and oxygen atoms in total. The first kappa shape index (κ1) is 11.5. The Morgan fingerprint density at radius 3 is 2.59 bits per heavy atom. The van der Waals surface area contributed by atoms with Crippen molar-refractivity contribution < 1.29 is 17.9 Å². The summed E-state index contributed by atoms with van der Waals surface area (Å²) in [6.45, 7) is 0. The molecule has 0 bridgehead atoms. The number of alkyl halides is 3. The summed E-state index contributed by atoms with van der Waals surface area (Å²) < 4.78 is 42.7. The fourth-order valence-electron chi connectivity index (χ4n) is 1.56. The van der Waals surface area contributed by atoms with Crippen LogP contribution in [-0.4, -0.2) is 12.1 Å². The summed E-state index contributed by atoms with van der Waals surface area (Å²) in [6.07, 6.45) is -4.52. The van der Waals surface area contributed by atoms with Gasteiger partial charge in [0, 0.05) is 11.1 Å². The number of rotatable bonds is 1. The maximum Gasteiger partial charge on any atom is 0.433 e. The van der Waals surface area contributed by atoms with Gasteiger partial charge in [0.1, 0.15) is 17.0 Å². The Morgan fingerprint density at radius 2 is 2.00 bits per heavy atom. The van der Waals surface area contributed by atoms with Crippen molar-refractivity contribution in [2.75, 3.05) is 12.8 Å². The fraction of sp³-hybridized carbons (Fsp3) is 0.182. The zero-order chi connectivity index (χ0) is 12.6. The lowest BCUT2D eigenvalue weighted by Gasteiger charge is -2.11. The smallest absolute Gasteiger partial charge is 0.433 e. The third-order valence-corrected chi connectivity index (χ3v) is 2.34. The summed E-state index contributed by atoms with van der Waals surface area (Å²) >= 11 is 0. The summed E-state index contributed by atoms with van der Waals surface area (Å²) in [5.41, 5.74) is 4.70. The van der Waals surface area contributed by atoms with Crippen LogP contribution in [0, 0.1) is 0 Å². The lowest BCUT2D eigenvalue weighted by Crippen LogP contribution is -2.09. The van der Waals surface area contributed by atoms with E-state index in [1.54, 1.807) is 12.1 Å². The molecule has 1 heterocycles. The summed E-state index contributed by atoms with van der Waals surface area (Å²) in [5, 5.41) is 0.442. The number of ether oxygens (including phenoxy) is 1. The molecular formula is C11H9F3N2O. The van der Waals surface area contributed by atoms with Gasteiger partial charge in [0.25, 0.3) is 0 Å². The van der Waals surface area contributed by atoms with E-state index in [9.17, 15) is 13.2 Å². The fourth-order valence-corrected chi connectivity index (χ4v) is 1.56. The molecule has 17 heavy (non-hydrogen) atoms. The van der Waals surface area contributed by atoms with E-state index in [0.717, 1.165) is 6.07 Å². The molecule has 1 aromatic heterocycles. The minimum atomic E-state index is -4.52. The molecule has 0 saturated heterocycles. The maximum absolute atomic E-state index is 12.6. The largest absolute Gasteiger partial charge is 0.494 e. The SMILES string of the molecule is COc1cccc2c(N)cc(C(F)(F)F)nc12. The number of fused-ring (bicyclic) bond motifs is 1. The molecular weight excluding hydrogens is 233 g/mol. The van der Waals surface area contributed by atoms with Gasteiger partial charge < -0.3 is 10.5 Å². The number of para-hydroxylation sites is 1. The van der Waals surface area contributed by atoms with E-state index < -0.39 is 11.9 Å². The molecule has 2 N–H and O–H groups in total. The number of nitrogens with zero attached hydrogens (tertiary/aromatic N) is 1. The van der Waals surface area contributed by atoms with Crippen LogP contribution in [-0.2, 0) is 6.18 Å². The van der Waals surface area contributed by atoms with Crippen molar-refractivity contribution in [3.8, 4) is 5.75 Å². The van der Waals surface area contributed by atoms with Gasteiger partial charge in [-0.3, -0.25) is 0 Å². The normalized spacial score (nSPS) is 11.8. The van der Waals surface area contributed by atoms with Gasteiger partial charge in [-0.05, 0) is 12.1 Å². The van der Waals surface area contributed by atoms with Crippen molar-refractivity contribution in [3.05, 3.63) is 30.0 Å². The van der Waals surface area contributed by atoms with Gasteiger partial charge in [-0.1, -0.05) is 12.1 Å². The van der Waals surface area contributed by atoms with Crippen molar-refractivity contribution in [1.29, 1.82) is 0 Å². The molecule has 0 spiro atoms. The second-order valence-corrected chi connectivity index (χ2v) is 3.45. The molecule has 2 aromatic rings. The molecule has 2 rings (SSSR count). The Hall–Kier alpha value is -1.98. The van der Waals surface area contributed by atoms with Crippen LogP contribution >= 0.6 is 0 Å². The van der Waals surface area contributed by atoms with E-state index in [1.807, 2.05) is 0 Å². The zero-order valence-corrected chi connectivity index (χ0v) is 8.88. The van der Waals surface area contributed by atoms with Crippen molar-refractivity contribution in [2.45, 2.75) is 6.18 Å². The highest BCUT2D eigenvalue weighted by Gasteiger charge is 2.33. The van der Waals surface area contributed by atoms with Gasteiger partial charge in [0.05, 0.1) is 7.11 Å². The number of pyridine rings is 1. The first-order valence-corrected chi connectivity index (χ1v) is 4.74. The third-order valence-electron chi connectivity index (χ3n) is 2.34. The van der Waals surface area contributed by atoms with Gasteiger partial charge >= 0.3 is 6.18 Å². The molecule has 6 heteroatoms. The molecule has 0 amide bonds. The summed E-state index contributed by atoms with van der Waals surface area (Å²) in [7, 11) is 1.37. The van der Waals surface area contributed by atoms with E-state index >= 15 is 0 Å². The Labute approximate surface area is 95.0 Å². The molecule has 0 saturated carbocycles.